The van der Waals surface area contributed by atoms with E-state index in [0.29, 0.717) is 12.8 Å². The second kappa shape index (κ2) is 13.1. The fourth-order valence-electron chi connectivity index (χ4n) is 2.42. The smallest absolute Gasteiger partial charge is 0.307 e. The van der Waals surface area contributed by atoms with Gasteiger partial charge in [0, 0.05) is 11.8 Å². The van der Waals surface area contributed by atoms with Gasteiger partial charge in [-0.05, 0) is 18.8 Å². The quantitative estimate of drug-likeness (QED) is 0.179. The van der Waals surface area contributed by atoms with Crippen molar-refractivity contribution in [1.29, 1.82) is 0 Å². The molecule has 0 aliphatic rings. The van der Waals surface area contributed by atoms with E-state index in [1.165, 1.54) is 0 Å². The fourth-order valence-corrected chi connectivity index (χ4v) is 6.91. The van der Waals surface area contributed by atoms with Gasteiger partial charge in [0.15, 0.2) is 5.34 Å². The highest BCUT2D eigenvalue weighted by molar-refractivity contribution is 7.56. The summed E-state index contributed by atoms with van der Waals surface area (Å²) in [6.45, 7) is 7.24. The summed E-state index contributed by atoms with van der Waals surface area (Å²) in [6, 6.07) is 0. The van der Waals surface area contributed by atoms with Crippen LogP contribution in [0.4, 0.5) is 0 Å². The topological polar surface area (TPSA) is 91.3 Å². The SMILES string of the molecule is CCCCOP(=O)(OCCCl)C(CCC)(OP(=O)(O)OCCCl)C(C)C. The van der Waals surface area contributed by atoms with Crippen LogP contribution in [0, 0.1) is 5.92 Å². The van der Waals surface area contributed by atoms with Gasteiger partial charge in [0.25, 0.3) is 0 Å². The lowest BCUT2D eigenvalue weighted by molar-refractivity contribution is 0.0110. The Hall–Kier alpha value is 0.840. The van der Waals surface area contributed by atoms with Crippen molar-refractivity contribution in [2.75, 3.05) is 31.6 Å². The summed E-state index contributed by atoms with van der Waals surface area (Å²) in [6.07, 6.45) is 2.20. The van der Waals surface area contributed by atoms with E-state index in [2.05, 4.69) is 0 Å². The number of rotatable bonds is 16. The standard InChI is InChI=1S/C15H32Cl2O7P2/c1-5-7-11-21-25(18,22-12-9-16)15(8-6-2,14(3)4)24-26(19,20)23-13-10-17/h14H,5-13H2,1-4H3,(H,19,20). The maximum atomic E-state index is 13.7. The van der Waals surface area contributed by atoms with Crippen LogP contribution in [0.25, 0.3) is 0 Å². The monoisotopic (exact) mass is 456 g/mol. The minimum atomic E-state index is -4.53. The second-order valence-electron chi connectivity index (χ2n) is 6.04. The molecule has 0 aromatic heterocycles. The van der Waals surface area contributed by atoms with E-state index >= 15 is 0 Å². The zero-order valence-corrected chi connectivity index (χ0v) is 19.3. The Morgan fingerprint density at radius 3 is 1.96 bits per heavy atom. The van der Waals surface area contributed by atoms with E-state index in [0.717, 1.165) is 6.42 Å². The molecule has 1 N–H and O–H groups in total. The van der Waals surface area contributed by atoms with E-state index in [1.807, 2.05) is 13.8 Å². The van der Waals surface area contributed by atoms with Gasteiger partial charge in [-0.1, -0.05) is 40.5 Å². The Morgan fingerprint density at radius 1 is 0.962 bits per heavy atom. The van der Waals surface area contributed by atoms with Crippen molar-refractivity contribution in [3.8, 4) is 0 Å². The molecule has 0 aliphatic heterocycles. The lowest BCUT2D eigenvalue weighted by atomic mass is 10.0. The maximum Gasteiger partial charge on any atom is 0.473 e. The van der Waals surface area contributed by atoms with Crippen LogP contribution in [0.1, 0.15) is 53.4 Å². The van der Waals surface area contributed by atoms with Crippen LogP contribution in [0.3, 0.4) is 0 Å². The molecule has 3 unspecified atom stereocenters. The van der Waals surface area contributed by atoms with Crippen LogP contribution in [0.15, 0.2) is 0 Å². The van der Waals surface area contributed by atoms with E-state index in [1.54, 1.807) is 13.8 Å². The number of alkyl halides is 2. The Labute approximate surface area is 167 Å². The Bertz CT molecular complexity index is 479. The van der Waals surface area contributed by atoms with Crippen molar-refractivity contribution in [1.82, 2.24) is 0 Å². The predicted octanol–water partition coefficient (Wildman–Crippen LogP) is 5.78. The van der Waals surface area contributed by atoms with Gasteiger partial charge in [-0.3, -0.25) is 13.6 Å². The summed E-state index contributed by atoms with van der Waals surface area (Å²) < 4.78 is 47.6. The molecule has 0 spiro atoms. The minimum Gasteiger partial charge on any atom is -0.307 e. The second-order valence-corrected chi connectivity index (χ2v) is 10.4. The van der Waals surface area contributed by atoms with E-state index in [-0.39, 0.29) is 38.0 Å². The molecule has 0 aromatic rings. The van der Waals surface area contributed by atoms with Crippen molar-refractivity contribution in [3.63, 3.8) is 0 Å². The first-order chi connectivity index (χ1) is 12.1. The van der Waals surface area contributed by atoms with E-state index in [9.17, 15) is 14.0 Å². The first-order valence-corrected chi connectivity index (χ1v) is 12.9. The van der Waals surface area contributed by atoms with Crippen molar-refractivity contribution in [2.45, 2.75) is 58.7 Å². The highest BCUT2D eigenvalue weighted by atomic mass is 35.5. The Morgan fingerprint density at radius 2 is 1.50 bits per heavy atom. The van der Waals surface area contributed by atoms with Gasteiger partial charge in [0.05, 0.1) is 19.8 Å². The van der Waals surface area contributed by atoms with Crippen molar-refractivity contribution < 1.29 is 32.1 Å². The van der Waals surface area contributed by atoms with Gasteiger partial charge in [0.2, 0.25) is 0 Å². The molecule has 0 aliphatic carbocycles. The third-order valence-corrected chi connectivity index (χ3v) is 8.00. The van der Waals surface area contributed by atoms with Crippen LogP contribution in [-0.4, -0.2) is 41.8 Å². The average Bonchev–Trinajstić information content (AvgIpc) is 2.57. The molecule has 0 aromatic carbocycles. The lowest BCUT2D eigenvalue weighted by Crippen LogP contribution is -2.39. The summed E-state index contributed by atoms with van der Waals surface area (Å²) >= 11 is 11.2. The number of halogens is 2. The highest BCUT2D eigenvalue weighted by Crippen LogP contribution is 2.70. The summed E-state index contributed by atoms with van der Waals surface area (Å²) in [7, 11) is -8.49. The van der Waals surface area contributed by atoms with Crippen molar-refractivity contribution in [2.24, 2.45) is 5.92 Å². The molecule has 158 valence electrons. The van der Waals surface area contributed by atoms with Gasteiger partial charge in [-0.15, -0.1) is 23.2 Å². The molecule has 26 heavy (non-hydrogen) atoms. The predicted molar refractivity (Wildman–Crippen MR) is 105 cm³/mol. The zero-order chi connectivity index (χ0) is 20.3. The molecular weight excluding hydrogens is 425 g/mol. The average molecular weight is 457 g/mol. The zero-order valence-electron chi connectivity index (χ0n) is 16.0. The largest absolute Gasteiger partial charge is 0.473 e. The van der Waals surface area contributed by atoms with Gasteiger partial charge in [-0.25, -0.2) is 4.57 Å². The summed E-state index contributed by atoms with van der Waals surface area (Å²) in [4.78, 5) is 10.1. The number of hydrogen-bond donors (Lipinski definition) is 1. The third kappa shape index (κ3) is 8.06. The number of phosphoric ester groups is 1. The molecule has 7 nitrogen and oxygen atoms in total. The third-order valence-electron chi connectivity index (χ3n) is 3.68. The van der Waals surface area contributed by atoms with Gasteiger partial charge < -0.3 is 13.9 Å². The van der Waals surface area contributed by atoms with E-state index < -0.39 is 26.7 Å². The van der Waals surface area contributed by atoms with Crippen LogP contribution in [-0.2, 0) is 27.2 Å². The lowest BCUT2D eigenvalue weighted by Gasteiger charge is -2.42. The van der Waals surface area contributed by atoms with Crippen LogP contribution < -0.4 is 0 Å². The normalized spacial score (nSPS) is 19.1. The first-order valence-electron chi connectivity index (χ1n) is 8.83. The van der Waals surface area contributed by atoms with Crippen molar-refractivity contribution in [3.05, 3.63) is 0 Å². The van der Waals surface area contributed by atoms with Gasteiger partial charge in [-0.2, -0.15) is 0 Å². The molecular formula is C15H32Cl2O7P2. The molecule has 0 fully saturated rings. The van der Waals surface area contributed by atoms with Crippen molar-refractivity contribution >= 4 is 38.6 Å². The molecule has 0 amide bonds. The summed E-state index contributed by atoms with van der Waals surface area (Å²) in [5.74, 6) is -0.338. The van der Waals surface area contributed by atoms with Gasteiger partial charge in [0.1, 0.15) is 0 Å². The molecule has 0 saturated carbocycles. The molecule has 3 atom stereocenters. The molecule has 0 radical (unpaired) electrons. The minimum absolute atomic E-state index is 0.0176. The molecule has 0 heterocycles. The Balaban J connectivity index is 5.93. The number of unbranched alkanes of at least 4 members (excludes halogenated alkanes) is 1. The van der Waals surface area contributed by atoms with Crippen LogP contribution >= 0.6 is 38.6 Å². The Kier molecular flexibility index (Phi) is 13.6. The molecule has 0 saturated heterocycles. The fraction of sp³-hybridized carbons (Fsp3) is 1.00. The molecule has 0 rings (SSSR count). The maximum absolute atomic E-state index is 13.7. The number of phosphoric acid groups is 1. The molecule has 11 heteroatoms. The summed E-state index contributed by atoms with van der Waals surface area (Å²) in [5, 5.41) is -1.64. The van der Waals surface area contributed by atoms with Crippen LogP contribution in [0.5, 0.6) is 0 Å². The first kappa shape index (κ1) is 26.8. The summed E-state index contributed by atoms with van der Waals surface area (Å²) in [5.41, 5.74) is 0. The van der Waals surface area contributed by atoms with E-state index in [4.69, 9.17) is 41.3 Å². The highest BCUT2D eigenvalue weighted by Gasteiger charge is 2.57. The number of hydrogen-bond acceptors (Lipinski definition) is 6. The van der Waals surface area contributed by atoms with Crippen LogP contribution in [0.2, 0.25) is 0 Å². The molecule has 0 bridgehead atoms. The van der Waals surface area contributed by atoms with Gasteiger partial charge >= 0.3 is 15.4 Å².